The average Bonchev–Trinajstić information content (AvgIpc) is 1.91. The Morgan fingerprint density at radius 3 is 2.29 bits per heavy atom. The summed E-state index contributed by atoms with van der Waals surface area (Å²) in [6.45, 7) is 0. The number of rotatable bonds is 0. The predicted octanol–water partition coefficient (Wildman–Crippen LogP) is -2.74. The molecular formula is C4H8OSn2. The minimum atomic E-state index is 0.612. The van der Waals surface area contributed by atoms with E-state index >= 15 is 0 Å². The Bertz CT molecular complexity index is 142. The van der Waals surface area contributed by atoms with Crippen LogP contribution in [0.15, 0.2) is 16.7 Å². The Hall–Kier alpha value is 0.877. The molecule has 1 aromatic rings. The summed E-state index contributed by atoms with van der Waals surface area (Å²) in [7, 11) is 0. The van der Waals surface area contributed by atoms with Crippen molar-refractivity contribution in [2.75, 3.05) is 0 Å². The molecule has 1 aromatic heterocycles. The van der Waals surface area contributed by atoms with Gasteiger partial charge in [0.15, 0.2) is 0 Å². The fourth-order valence-electron chi connectivity index (χ4n) is 0.448. The Kier molecular flexibility index (Phi) is 2.09. The molecular weight excluding hydrogens is 301 g/mol. The van der Waals surface area contributed by atoms with Gasteiger partial charge in [-0.3, -0.25) is 0 Å². The van der Waals surface area contributed by atoms with Crippen LogP contribution in [0.3, 0.4) is 0 Å². The van der Waals surface area contributed by atoms with Gasteiger partial charge in [0, 0.05) is 0 Å². The molecule has 0 bridgehead atoms. The summed E-state index contributed by atoms with van der Waals surface area (Å²) in [5.41, 5.74) is 0. The summed E-state index contributed by atoms with van der Waals surface area (Å²) < 4.78 is 7.95. The number of hydrogen-bond donors (Lipinski definition) is 0. The van der Waals surface area contributed by atoms with Gasteiger partial charge in [-0.2, -0.15) is 0 Å². The van der Waals surface area contributed by atoms with Gasteiger partial charge in [-0.15, -0.1) is 0 Å². The van der Waals surface area contributed by atoms with Crippen molar-refractivity contribution in [2.45, 2.75) is 0 Å². The third kappa shape index (κ3) is 1.38. The van der Waals surface area contributed by atoms with Gasteiger partial charge in [0.05, 0.1) is 0 Å². The molecule has 0 aliphatic carbocycles. The van der Waals surface area contributed by atoms with Gasteiger partial charge in [0.1, 0.15) is 0 Å². The van der Waals surface area contributed by atoms with E-state index in [9.17, 15) is 0 Å². The van der Waals surface area contributed by atoms with Crippen LogP contribution < -0.4 is 7.36 Å². The van der Waals surface area contributed by atoms with E-state index in [2.05, 4.69) is 6.07 Å². The monoisotopic (exact) mass is 312 g/mol. The van der Waals surface area contributed by atoms with Gasteiger partial charge >= 0.3 is 69.2 Å². The minimum absolute atomic E-state index is 0.612. The fourth-order valence-corrected chi connectivity index (χ4v) is 2.04. The molecule has 0 unspecified atom stereocenters. The number of furan rings is 1. The molecule has 1 heterocycles. The van der Waals surface area contributed by atoms with Crippen molar-refractivity contribution in [1.29, 1.82) is 0 Å². The van der Waals surface area contributed by atoms with E-state index in [1.807, 2.05) is 0 Å². The second-order valence-corrected chi connectivity index (χ2v) is 7.33. The van der Waals surface area contributed by atoms with Gasteiger partial charge in [-0.05, 0) is 0 Å². The van der Waals surface area contributed by atoms with Gasteiger partial charge in [-0.25, -0.2) is 0 Å². The summed E-state index contributed by atoms with van der Waals surface area (Å²) in [6.07, 6.45) is 1.80. The van der Waals surface area contributed by atoms with Gasteiger partial charge in [-0.1, -0.05) is 0 Å². The first kappa shape index (κ1) is 6.00. The molecule has 0 saturated carbocycles. The molecule has 1 rings (SSSR count). The van der Waals surface area contributed by atoms with Crippen LogP contribution in [-0.2, 0) is 0 Å². The standard InChI is InChI=1S/C4H2O.2Sn.6H/c1-2-4-5-3-1;;;;;;;;/h1,3H;;;;;;;;. The molecule has 0 saturated heterocycles. The average molecular weight is 310 g/mol. The van der Waals surface area contributed by atoms with E-state index in [1.165, 1.54) is 7.36 Å². The normalized spacial score (nSPS) is 10.3. The van der Waals surface area contributed by atoms with E-state index in [4.69, 9.17) is 4.42 Å². The SMILES string of the molecule is [SnH3][c]1cco[c]1[SnH3]. The van der Waals surface area contributed by atoms with Crippen molar-refractivity contribution >= 4 is 52.4 Å². The zero-order valence-electron chi connectivity index (χ0n) is 4.56. The molecule has 1 nitrogen and oxygen atoms in total. The molecule has 0 atom stereocenters. The van der Waals surface area contributed by atoms with E-state index < -0.39 is 0 Å². The first-order valence-corrected chi connectivity index (χ1v) is 8.02. The molecule has 0 aliphatic rings. The second-order valence-electron chi connectivity index (χ2n) is 1.66. The van der Waals surface area contributed by atoms with E-state index in [0.29, 0.717) is 45.0 Å². The van der Waals surface area contributed by atoms with Crippen molar-refractivity contribution in [2.24, 2.45) is 0 Å². The molecule has 3 heteroatoms. The summed E-state index contributed by atoms with van der Waals surface area (Å²) in [6, 6.07) is 2.10. The Morgan fingerprint density at radius 1 is 1.43 bits per heavy atom. The van der Waals surface area contributed by atoms with Gasteiger partial charge in [0.25, 0.3) is 0 Å². The zero-order valence-corrected chi connectivity index (χ0v) is 16.0. The van der Waals surface area contributed by atoms with E-state index in [1.54, 1.807) is 6.26 Å². The Morgan fingerprint density at radius 2 is 2.14 bits per heavy atom. The summed E-state index contributed by atoms with van der Waals surface area (Å²) in [5, 5.41) is 0. The molecule has 7 heavy (non-hydrogen) atoms. The first-order chi connectivity index (χ1) is 3.30. The van der Waals surface area contributed by atoms with Crippen LogP contribution in [0.2, 0.25) is 0 Å². The third-order valence-electron chi connectivity index (χ3n) is 1.12. The maximum atomic E-state index is 5.11. The van der Waals surface area contributed by atoms with Crippen molar-refractivity contribution in [1.82, 2.24) is 0 Å². The van der Waals surface area contributed by atoms with E-state index in [0.717, 1.165) is 0 Å². The van der Waals surface area contributed by atoms with Crippen molar-refractivity contribution in [3.8, 4) is 0 Å². The quantitative estimate of drug-likeness (QED) is 0.474. The Balaban J connectivity index is 3.12. The third-order valence-corrected chi connectivity index (χ3v) is 15.1. The summed E-state index contributed by atoms with van der Waals surface area (Å²) in [4.78, 5) is 0. The van der Waals surface area contributed by atoms with Gasteiger partial charge in [0.2, 0.25) is 0 Å². The molecule has 0 amide bonds. The van der Waals surface area contributed by atoms with Crippen LogP contribution in [0.25, 0.3) is 0 Å². The maximum absolute atomic E-state index is 5.11. The second kappa shape index (κ2) is 2.44. The molecule has 38 valence electrons. The molecule has 0 N–H and O–H groups in total. The number of hydrogen-bond acceptors (Lipinski definition) is 1. The molecule has 0 radical (unpaired) electrons. The van der Waals surface area contributed by atoms with Crippen LogP contribution in [0, 0.1) is 0 Å². The van der Waals surface area contributed by atoms with Crippen molar-refractivity contribution in [3.63, 3.8) is 0 Å². The van der Waals surface area contributed by atoms with Crippen molar-refractivity contribution < 1.29 is 4.42 Å². The fraction of sp³-hybridized carbons (Fsp3) is 0. The van der Waals surface area contributed by atoms with E-state index in [-0.39, 0.29) is 0 Å². The Labute approximate surface area is 68.6 Å². The molecule has 0 aromatic carbocycles. The van der Waals surface area contributed by atoms with Crippen LogP contribution >= 0.6 is 0 Å². The van der Waals surface area contributed by atoms with Crippen LogP contribution in [0.1, 0.15) is 0 Å². The summed E-state index contributed by atoms with van der Waals surface area (Å²) in [5.74, 6) is 0. The summed E-state index contributed by atoms with van der Waals surface area (Å²) >= 11 is 1.30. The zero-order chi connectivity index (χ0) is 5.28. The van der Waals surface area contributed by atoms with Gasteiger partial charge < -0.3 is 0 Å². The van der Waals surface area contributed by atoms with Crippen LogP contribution in [-0.4, -0.2) is 45.0 Å². The predicted molar refractivity (Wildman–Crippen MR) is 37.9 cm³/mol. The molecule has 0 fully saturated rings. The topological polar surface area (TPSA) is 13.1 Å². The van der Waals surface area contributed by atoms with Crippen LogP contribution in [0.5, 0.6) is 0 Å². The van der Waals surface area contributed by atoms with Crippen molar-refractivity contribution in [3.05, 3.63) is 12.3 Å². The molecule has 0 spiro atoms. The van der Waals surface area contributed by atoms with Crippen LogP contribution in [0.4, 0.5) is 0 Å². The first-order valence-electron chi connectivity index (χ1n) is 2.31. The molecule has 0 aliphatic heterocycles.